The SMILES string of the molecule is Cc1ccccc1S(=O)C(C)C(=O)c1ccc(Cl)cc1Cl. The van der Waals surface area contributed by atoms with E-state index in [1.54, 1.807) is 25.1 Å². The molecule has 2 unspecified atom stereocenters. The van der Waals surface area contributed by atoms with E-state index >= 15 is 0 Å². The lowest BCUT2D eigenvalue weighted by Gasteiger charge is -2.13. The van der Waals surface area contributed by atoms with Crippen molar-refractivity contribution in [3.05, 3.63) is 63.6 Å². The number of halogens is 2. The number of aryl methyl sites for hydroxylation is 1. The van der Waals surface area contributed by atoms with Crippen LogP contribution in [0.1, 0.15) is 22.8 Å². The topological polar surface area (TPSA) is 34.1 Å². The summed E-state index contributed by atoms with van der Waals surface area (Å²) >= 11 is 11.9. The van der Waals surface area contributed by atoms with E-state index in [9.17, 15) is 9.00 Å². The smallest absolute Gasteiger partial charge is 0.179 e. The van der Waals surface area contributed by atoms with E-state index in [4.69, 9.17) is 23.2 Å². The van der Waals surface area contributed by atoms with E-state index in [0.29, 0.717) is 15.5 Å². The molecule has 0 radical (unpaired) electrons. The van der Waals surface area contributed by atoms with Crippen LogP contribution in [0, 0.1) is 6.92 Å². The lowest BCUT2D eigenvalue weighted by Crippen LogP contribution is -2.23. The Morgan fingerprint density at radius 2 is 1.81 bits per heavy atom. The number of benzene rings is 2. The molecular formula is C16H14Cl2O2S. The van der Waals surface area contributed by atoms with Gasteiger partial charge in [-0.2, -0.15) is 0 Å². The van der Waals surface area contributed by atoms with Crippen LogP contribution in [0.15, 0.2) is 47.4 Å². The summed E-state index contributed by atoms with van der Waals surface area (Å²) in [5, 5.41) is 0.0649. The number of carbonyl (C=O) groups is 1. The monoisotopic (exact) mass is 340 g/mol. The van der Waals surface area contributed by atoms with Crippen molar-refractivity contribution in [2.75, 3.05) is 0 Å². The molecule has 2 nitrogen and oxygen atoms in total. The summed E-state index contributed by atoms with van der Waals surface area (Å²) < 4.78 is 12.6. The zero-order valence-corrected chi connectivity index (χ0v) is 13.9. The van der Waals surface area contributed by atoms with Crippen molar-refractivity contribution in [2.24, 2.45) is 0 Å². The van der Waals surface area contributed by atoms with Crippen molar-refractivity contribution in [1.29, 1.82) is 0 Å². The third kappa shape index (κ3) is 3.54. The second kappa shape index (κ2) is 6.73. The minimum absolute atomic E-state index is 0.252. The van der Waals surface area contributed by atoms with Gasteiger partial charge < -0.3 is 0 Å². The van der Waals surface area contributed by atoms with Gasteiger partial charge in [-0.15, -0.1) is 0 Å². The van der Waals surface area contributed by atoms with Crippen LogP contribution < -0.4 is 0 Å². The first-order valence-corrected chi connectivity index (χ1v) is 8.34. The molecule has 0 aliphatic carbocycles. The largest absolute Gasteiger partial charge is 0.293 e. The second-order valence-corrected chi connectivity index (χ2v) is 7.28. The average Bonchev–Trinajstić information content (AvgIpc) is 2.45. The van der Waals surface area contributed by atoms with Gasteiger partial charge in [0.1, 0.15) is 0 Å². The molecule has 0 spiro atoms. The van der Waals surface area contributed by atoms with Crippen LogP contribution in [-0.2, 0) is 10.8 Å². The summed E-state index contributed by atoms with van der Waals surface area (Å²) in [5.74, 6) is -0.252. The van der Waals surface area contributed by atoms with Gasteiger partial charge in [-0.1, -0.05) is 41.4 Å². The molecule has 110 valence electrons. The molecule has 21 heavy (non-hydrogen) atoms. The van der Waals surface area contributed by atoms with E-state index < -0.39 is 16.0 Å². The van der Waals surface area contributed by atoms with Crippen molar-refractivity contribution in [3.63, 3.8) is 0 Å². The highest BCUT2D eigenvalue weighted by atomic mass is 35.5. The van der Waals surface area contributed by atoms with Gasteiger partial charge in [0, 0.05) is 15.5 Å². The van der Waals surface area contributed by atoms with E-state index in [2.05, 4.69) is 0 Å². The molecule has 0 N–H and O–H groups in total. The van der Waals surface area contributed by atoms with Crippen molar-refractivity contribution >= 4 is 39.8 Å². The maximum atomic E-state index is 12.6. The van der Waals surface area contributed by atoms with Gasteiger partial charge in [0.15, 0.2) is 5.78 Å². The van der Waals surface area contributed by atoms with Gasteiger partial charge in [0.05, 0.1) is 21.1 Å². The number of rotatable bonds is 4. The standard InChI is InChI=1S/C16H14Cl2O2S/c1-10-5-3-4-6-15(10)21(20)11(2)16(19)13-8-7-12(17)9-14(13)18/h3-9,11H,1-2H3. The van der Waals surface area contributed by atoms with Crippen LogP contribution in [0.2, 0.25) is 10.0 Å². The number of hydrogen-bond acceptors (Lipinski definition) is 2. The summed E-state index contributed by atoms with van der Waals surface area (Å²) in [6, 6.07) is 12.0. The van der Waals surface area contributed by atoms with Gasteiger partial charge in [-0.3, -0.25) is 9.00 Å². The highest BCUT2D eigenvalue weighted by Crippen LogP contribution is 2.25. The van der Waals surface area contributed by atoms with Gasteiger partial charge in [-0.05, 0) is 43.7 Å². The summed E-state index contributed by atoms with van der Waals surface area (Å²) in [4.78, 5) is 13.2. The van der Waals surface area contributed by atoms with Gasteiger partial charge in [-0.25, -0.2) is 0 Å². The first-order chi connectivity index (χ1) is 9.91. The number of ketones is 1. The van der Waals surface area contributed by atoms with E-state index in [-0.39, 0.29) is 10.8 Å². The highest BCUT2D eigenvalue weighted by molar-refractivity contribution is 7.86. The molecule has 2 atom stereocenters. The van der Waals surface area contributed by atoms with Gasteiger partial charge in [0.2, 0.25) is 0 Å². The summed E-state index contributed by atoms with van der Waals surface area (Å²) in [7, 11) is -1.43. The Morgan fingerprint density at radius 3 is 2.43 bits per heavy atom. The molecule has 0 bridgehead atoms. The molecule has 0 saturated carbocycles. The molecule has 0 aliphatic heterocycles. The predicted molar refractivity (Wildman–Crippen MR) is 87.8 cm³/mol. The maximum Gasteiger partial charge on any atom is 0.179 e. The molecule has 2 rings (SSSR count). The van der Waals surface area contributed by atoms with Gasteiger partial charge >= 0.3 is 0 Å². The minimum atomic E-state index is -1.43. The second-order valence-electron chi connectivity index (χ2n) is 4.69. The van der Waals surface area contributed by atoms with Gasteiger partial charge in [0.25, 0.3) is 0 Å². The molecule has 0 heterocycles. The van der Waals surface area contributed by atoms with Crippen molar-refractivity contribution in [1.82, 2.24) is 0 Å². The Balaban J connectivity index is 2.31. The molecule has 5 heteroatoms. The Bertz CT molecular complexity index is 713. The predicted octanol–water partition coefficient (Wildman–Crippen LogP) is 4.68. The summed E-state index contributed by atoms with van der Waals surface area (Å²) in [6.07, 6.45) is 0. The fraction of sp³-hybridized carbons (Fsp3) is 0.188. The minimum Gasteiger partial charge on any atom is -0.293 e. The Labute approximate surface area is 136 Å². The van der Waals surface area contributed by atoms with Crippen LogP contribution in [0.5, 0.6) is 0 Å². The highest BCUT2D eigenvalue weighted by Gasteiger charge is 2.25. The van der Waals surface area contributed by atoms with E-state index in [1.807, 2.05) is 25.1 Å². The fourth-order valence-corrected chi connectivity index (χ4v) is 3.78. The van der Waals surface area contributed by atoms with Crippen LogP contribution in [0.25, 0.3) is 0 Å². The molecule has 0 fully saturated rings. The molecule has 2 aromatic rings. The van der Waals surface area contributed by atoms with Crippen molar-refractivity contribution in [3.8, 4) is 0 Å². The maximum absolute atomic E-state index is 12.6. The molecular weight excluding hydrogens is 327 g/mol. The Morgan fingerprint density at radius 1 is 1.14 bits per heavy atom. The third-order valence-electron chi connectivity index (χ3n) is 3.20. The zero-order chi connectivity index (χ0) is 15.6. The molecule has 2 aromatic carbocycles. The lowest BCUT2D eigenvalue weighted by atomic mass is 10.1. The zero-order valence-electron chi connectivity index (χ0n) is 11.6. The Kier molecular flexibility index (Phi) is 5.20. The van der Waals surface area contributed by atoms with E-state index in [1.165, 1.54) is 6.07 Å². The number of hydrogen-bond donors (Lipinski definition) is 0. The first-order valence-electron chi connectivity index (χ1n) is 6.37. The number of Topliss-reactive ketones (excluding diaryl/α,β-unsaturated/α-hetero) is 1. The van der Waals surface area contributed by atoms with Crippen LogP contribution in [0.3, 0.4) is 0 Å². The lowest BCUT2D eigenvalue weighted by molar-refractivity contribution is 0.0993. The third-order valence-corrected chi connectivity index (χ3v) is 5.49. The summed E-state index contributed by atoms with van der Waals surface area (Å²) in [6.45, 7) is 3.52. The molecule has 0 saturated heterocycles. The Hall–Kier alpha value is -1.16. The fourth-order valence-electron chi connectivity index (χ4n) is 1.98. The van der Waals surface area contributed by atoms with Crippen LogP contribution >= 0.6 is 23.2 Å². The van der Waals surface area contributed by atoms with E-state index in [0.717, 1.165) is 5.56 Å². The summed E-state index contributed by atoms with van der Waals surface area (Å²) in [5.41, 5.74) is 1.24. The normalized spacial score (nSPS) is 13.7. The molecule has 0 amide bonds. The van der Waals surface area contributed by atoms with Crippen molar-refractivity contribution in [2.45, 2.75) is 24.0 Å². The van der Waals surface area contributed by atoms with Crippen LogP contribution in [-0.4, -0.2) is 15.2 Å². The molecule has 0 aliphatic rings. The quantitative estimate of drug-likeness (QED) is 0.757. The van der Waals surface area contributed by atoms with Crippen molar-refractivity contribution < 1.29 is 9.00 Å². The molecule has 0 aromatic heterocycles. The first kappa shape index (κ1) is 16.2. The number of carbonyl (C=O) groups excluding carboxylic acids is 1. The van der Waals surface area contributed by atoms with Crippen LogP contribution in [0.4, 0.5) is 0 Å². The average molecular weight is 341 g/mol.